The van der Waals surface area contributed by atoms with E-state index in [4.69, 9.17) is 4.42 Å². The Morgan fingerprint density at radius 1 is 0.968 bits per heavy atom. The number of nitrogens with zero attached hydrogens (tertiary/aromatic N) is 1. The van der Waals surface area contributed by atoms with Crippen LogP contribution in [0.25, 0.3) is 5.57 Å². The van der Waals surface area contributed by atoms with Crippen LogP contribution < -0.4 is 4.90 Å². The normalized spacial score (nSPS) is 14.3. The Morgan fingerprint density at radius 3 is 2.32 bits per heavy atom. The molecule has 158 valence electrons. The summed E-state index contributed by atoms with van der Waals surface area (Å²) >= 11 is 1.35. The smallest absolute Gasteiger partial charge is 0.272 e. The Labute approximate surface area is 186 Å². The molecule has 0 saturated heterocycles. The van der Waals surface area contributed by atoms with Crippen molar-refractivity contribution in [3.8, 4) is 0 Å². The molecule has 3 aromatic rings. The SMILES string of the molecule is Cc1ccc(C2=C(SCc3ccco3)C(=O)N(c3ccc(C(C)C)cc3)C2=O)c(C)c1. The first-order valence-corrected chi connectivity index (χ1v) is 11.3. The van der Waals surface area contributed by atoms with Crippen LogP contribution in [0.3, 0.4) is 0 Å². The molecule has 2 aromatic carbocycles. The van der Waals surface area contributed by atoms with E-state index in [1.807, 2.05) is 68.4 Å². The molecule has 2 amide bonds. The number of anilines is 1. The number of rotatable bonds is 6. The Hall–Kier alpha value is -3.05. The topological polar surface area (TPSA) is 50.5 Å². The maximum Gasteiger partial charge on any atom is 0.272 e. The molecular formula is C26H25NO3S. The van der Waals surface area contributed by atoms with Crippen molar-refractivity contribution < 1.29 is 14.0 Å². The van der Waals surface area contributed by atoms with Crippen molar-refractivity contribution in [1.82, 2.24) is 0 Å². The largest absolute Gasteiger partial charge is 0.468 e. The minimum absolute atomic E-state index is 0.281. The van der Waals surface area contributed by atoms with Gasteiger partial charge in [-0.2, -0.15) is 0 Å². The maximum absolute atomic E-state index is 13.6. The molecule has 0 saturated carbocycles. The second-order valence-corrected chi connectivity index (χ2v) is 9.07. The van der Waals surface area contributed by atoms with Crippen molar-refractivity contribution in [2.75, 3.05) is 4.90 Å². The molecule has 0 bridgehead atoms. The van der Waals surface area contributed by atoms with Gasteiger partial charge in [0.05, 0.1) is 28.2 Å². The minimum atomic E-state index is -0.283. The number of furan rings is 1. The number of carbonyl (C=O) groups is 2. The second kappa shape index (κ2) is 8.60. The quantitative estimate of drug-likeness (QED) is 0.434. The molecule has 1 aliphatic rings. The summed E-state index contributed by atoms with van der Waals surface area (Å²) in [6.45, 7) is 8.22. The van der Waals surface area contributed by atoms with Crippen LogP contribution in [-0.2, 0) is 15.3 Å². The summed E-state index contributed by atoms with van der Waals surface area (Å²) in [5, 5.41) is 0. The van der Waals surface area contributed by atoms with Crippen molar-refractivity contribution in [3.63, 3.8) is 0 Å². The van der Waals surface area contributed by atoms with Crippen molar-refractivity contribution in [2.45, 2.75) is 39.4 Å². The average Bonchev–Trinajstić information content (AvgIpc) is 3.33. The van der Waals surface area contributed by atoms with Gasteiger partial charge in [0.1, 0.15) is 5.76 Å². The van der Waals surface area contributed by atoms with Crippen LogP contribution in [0.15, 0.2) is 70.2 Å². The molecule has 4 rings (SSSR count). The number of benzene rings is 2. The van der Waals surface area contributed by atoms with Gasteiger partial charge in [-0.3, -0.25) is 9.59 Å². The third kappa shape index (κ3) is 4.10. The van der Waals surface area contributed by atoms with E-state index in [2.05, 4.69) is 13.8 Å². The molecule has 5 heteroatoms. The highest BCUT2D eigenvalue weighted by atomic mass is 32.2. The van der Waals surface area contributed by atoms with E-state index in [1.54, 1.807) is 6.26 Å². The summed E-state index contributed by atoms with van der Waals surface area (Å²) in [7, 11) is 0. The first kappa shape index (κ1) is 21.2. The van der Waals surface area contributed by atoms with Gasteiger partial charge in [-0.05, 0) is 60.7 Å². The van der Waals surface area contributed by atoms with Gasteiger partial charge in [0.25, 0.3) is 11.8 Å². The molecule has 0 spiro atoms. The van der Waals surface area contributed by atoms with Crippen LogP contribution in [-0.4, -0.2) is 11.8 Å². The van der Waals surface area contributed by atoms with Crippen LogP contribution in [0.5, 0.6) is 0 Å². The minimum Gasteiger partial charge on any atom is -0.468 e. The lowest BCUT2D eigenvalue weighted by Gasteiger charge is -2.16. The van der Waals surface area contributed by atoms with E-state index in [9.17, 15) is 9.59 Å². The second-order valence-electron chi connectivity index (χ2n) is 8.08. The van der Waals surface area contributed by atoms with Gasteiger partial charge < -0.3 is 4.42 Å². The van der Waals surface area contributed by atoms with Gasteiger partial charge in [0, 0.05) is 0 Å². The van der Waals surface area contributed by atoms with Crippen molar-refractivity contribution in [1.29, 1.82) is 0 Å². The van der Waals surface area contributed by atoms with Crippen LogP contribution in [0.2, 0.25) is 0 Å². The van der Waals surface area contributed by atoms with Crippen LogP contribution in [0.1, 0.15) is 47.8 Å². The van der Waals surface area contributed by atoms with Crippen molar-refractivity contribution in [2.24, 2.45) is 0 Å². The van der Waals surface area contributed by atoms with Gasteiger partial charge in [-0.15, -0.1) is 11.8 Å². The Bertz CT molecular complexity index is 1160. The highest BCUT2D eigenvalue weighted by Gasteiger charge is 2.40. The first-order valence-electron chi connectivity index (χ1n) is 10.3. The van der Waals surface area contributed by atoms with Crippen molar-refractivity contribution in [3.05, 3.63) is 93.8 Å². The van der Waals surface area contributed by atoms with E-state index < -0.39 is 0 Å². The lowest BCUT2D eigenvalue weighted by Crippen LogP contribution is -2.31. The fourth-order valence-corrected chi connectivity index (χ4v) is 4.76. The standard InChI is InChI=1S/C26H25NO3S/c1-16(2)19-8-10-20(11-9-19)27-25(28)23(22-12-7-17(3)14-18(22)4)24(26(27)29)31-15-21-6-5-13-30-21/h5-14,16H,15H2,1-4H3. The van der Waals surface area contributed by atoms with Gasteiger partial charge >= 0.3 is 0 Å². The fourth-order valence-electron chi connectivity index (χ4n) is 3.76. The van der Waals surface area contributed by atoms with E-state index in [-0.39, 0.29) is 11.8 Å². The molecule has 0 atom stereocenters. The number of amides is 2. The summed E-state index contributed by atoms with van der Waals surface area (Å²) in [5.41, 5.74) is 5.11. The molecule has 1 aliphatic heterocycles. The molecule has 2 heterocycles. The lowest BCUT2D eigenvalue weighted by atomic mass is 9.98. The van der Waals surface area contributed by atoms with Gasteiger partial charge in [0.2, 0.25) is 0 Å². The zero-order valence-electron chi connectivity index (χ0n) is 18.1. The number of imide groups is 1. The van der Waals surface area contributed by atoms with E-state index in [1.165, 1.54) is 16.7 Å². The summed E-state index contributed by atoms with van der Waals surface area (Å²) in [6, 6.07) is 17.3. The van der Waals surface area contributed by atoms with E-state index in [0.717, 1.165) is 28.0 Å². The molecule has 1 aromatic heterocycles. The fraction of sp³-hybridized carbons (Fsp3) is 0.231. The van der Waals surface area contributed by atoms with Crippen LogP contribution >= 0.6 is 11.8 Å². The predicted molar refractivity (Wildman–Crippen MR) is 126 cm³/mol. The summed E-state index contributed by atoms with van der Waals surface area (Å²) in [6.07, 6.45) is 1.61. The monoisotopic (exact) mass is 431 g/mol. The summed E-state index contributed by atoms with van der Waals surface area (Å²) in [5.74, 6) is 1.06. The predicted octanol–water partition coefficient (Wildman–Crippen LogP) is 6.24. The number of carbonyl (C=O) groups excluding carboxylic acids is 2. The van der Waals surface area contributed by atoms with Crippen LogP contribution in [0.4, 0.5) is 5.69 Å². The Morgan fingerprint density at radius 2 is 1.71 bits per heavy atom. The molecule has 31 heavy (non-hydrogen) atoms. The molecule has 0 unspecified atom stereocenters. The number of hydrogen-bond acceptors (Lipinski definition) is 4. The lowest BCUT2D eigenvalue weighted by molar-refractivity contribution is -0.119. The number of hydrogen-bond donors (Lipinski definition) is 0. The average molecular weight is 432 g/mol. The third-order valence-electron chi connectivity index (χ3n) is 5.45. The summed E-state index contributed by atoms with van der Waals surface area (Å²) in [4.78, 5) is 28.8. The zero-order valence-corrected chi connectivity index (χ0v) is 19.0. The Kier molecular flexibility index (Phi) is 5.88. The third-order valence-corrected chi connectivity index (χ3v) is 6.55. The van der Waals surface area contributed by atoms with Gasteiger partial charge in [-0.1, -0.05) is 49.7 Å². The van der Waals surface area contributed by atoms with E-state index >= 15 is 0 Å². The van der Waals surface area contributed by atoms with Gasteiger partial charge in [0.15, 0.2) is 0 Å². The number of thioether (sulfide) groups is 1. The van der Waals surface area contributed by atoms with Gasteiger partial charge in [-0.25, -0.2) is 4.90 Å². The molecule has 4 nitrogen and oxygen atoms in total. The highest BCUT2D eigenvalue weighted by molar-refractivity contribution is 8.03. The summed E-state index contributed by atoms with van der Waals surface area (Å²) < 4.78 is 5.43. The Balaban J connectivity index is 1.75. The molecule has 0 N–H and O–H groups in total. The number of aryl methyl sites for hydroxylation is 2. The molecule has 0 fully saturated rings. The molecule has 0 aliphatic carbocycles. The zero-order chi connectivity index (χ0) is 22.1. The first-order chi connectivity index (χ1) is 14.9. The maximum atomic E-state index is 13.6. The van der Waals surface area contributed by atoms with Crippen molar-refractivity contribution >= 4 is 34.8 Å². The highest BCUT2D eigenvalue weighted by Crippen LogP contribution is 2.40. The molecular weight excluding hydrogens is 406 g/mol. The van der Waals surface area contributed by atoms with E-state index in [0.29, 0.717) is 27.8 Å². The van der Waals surface area contributed by atoms with Crippen LogP contribution in [0, 0.1) is 13.8 Å². The molecule has 0 radical (unpaired) electrons.